The Morgan fingerprint density at radius 2 is 2.05 bits per heavy atom. The molecule has 0 fully saturated rings. The van der Waals surface area contributed by atoms with Crippen LogP contribution in [0.5, 0.6) is 0 Å². The fraction of sp³-hybridized carbons (Fsp3) is 0.250. The van der Waals surface area contributed by atoms with Crippen molar-refractivity contribution >= 4 is 28.7 Å². The number of aromatic nitrogens is 2. The molecule has 0 bridgehead atoms. The fourth-order valence-corrected chi connectivity index (χ4v) is 2.77. The Balaban J connectivity index is 2.55. The third kappa shape index (κ3) is 2.69. The molecule has 0 aliphatic rings. The second-order valence-corrected chi connectivity index (χ2v) is 5.88. The van der Waals surface area contributed by atoms with Gasteiger partial charge in [-0.05, 0) is 19.1 Å². The van der Waals surface area contributed by atoms with Crippen molar-refractivity contribution in [3.63, 3.8) is 0 Å². The van der Waals surface area contributed by atoms with E-state index in [1.165, 1.54) is 36.1 Å². The van der Waals surface area contributed by atoms with Gasteiger partial charge < -0.3 is 0 Å². The summed E-state index contributed by atoms with van der Waals surface area (Å²) in [4.78, 5) is 36.0. The van der Waals surface area contributed by atoms with Crippen LogP contribution in [0.2, 0.25) is 4.34 Å². The van der Waals surface area contributed by atoms with Gasteiger partial charge in [-0.1, -0.05) is 11.6 Å². The Morgan fingerprint density at radius 1 is 1.37 bits per heavy atom. The van der Waals surface area contributed by atoms with Gasteiger partial charge in [-0.15, -0.1) is 11.3 Å². The van der Waals surface area contributed by atoms with Crippen LogP contribution in [0.25, 0.3) is 0 Å². The highest BCUT2D eigenvalue weighted by Crippen LogP contribution is 2.21. The minimum absolute atomic E-state index is 0.00440. The van der Waals surface area contributed by atoms with Crippen LogP contribution in [0.4, 0.5) is 0 Å². The van der Waals surface area contributed by atoms with E-state index in [0.717, 1.165) is 9.44 Å². The molecule has 0 aliphatic heterocycles. The average Bonchev–Trinajstić information content (AvgIpc) is 2.75. The number of carbonyl (C=O) groups excluding carboxylic acids is 1. The summed E-state index contributed by atoms with van der Waals surface area (Å²) in [7, 11) is 1.36. The predicted octanol–water partition coefficient (Wildman–Crippen LogP) is 1.51. The summed E-state index contributed by atoms with van der Waals surface area (Å²) in [5.41, 5.74) is -1.03. The largest absolute Gasteiger partial charge is 0.331 e. The van der Waals surface area contributed by atoms with Crippen LogP contribution < -0.4 is 11.2 Å². The van der Waals surface area contributed by atoms with Crippen LogP contribution in [0.1, 0.15) is 22.2 Å². The van der Waals surface area contributed by atoms with Crippen molar-refractivity contribution < 1.29 is 4.79 Å². The van der Waals surface area contributed by atoms with Crippen molar-refractivity contribution in [2.24, 2.45) is 7.05 Å². The van der Waals surface area contributed by atoms with Gasteiger partial charge in [0.25, 0.3) is 5.56 Å². The van der Waals surface area contributed by atoms with E-state index in [0.29, 0.717) is 4.34 Å². The smallest absolute Gasteiger partial charge is 0.294 e. The molecule has 2 aromatic heterocycles. The molecular formula is C12H11ClN2O3S. The normalized spacial score (nSPS) is 10.7. The number of thiophene rings is 1. The van der Waals surface area contributed by atoms with Crippen molar-refractivity contribution in [3.05, 3.63) is 53.9 Å². The minimum atomic E-state index is -0.571. The molecule has 19 heavy (non-hydrogen) atoms. The summed E-state index contributed by atoms with van der Waals surface area (Å²) in [6, 6.07) is 3.54. The monoisotopic (exact) mass is 298 g/mol. The second-order valence-electron chi connectivity index (χ2n) is 4.08. The molecule has 0 radical (unpaired) electrons. The molecule has 7 heteroatoms. The first kappa shape index (κ1) is 13.8. The van der Waals surface area contributed by atoms with E-state index >= 15 is 0 Å². The molecule has 2 rings (SSSR count). The van der Waals surface area contributed by atoms with Crippen molar-refractivity contribution in [2.75, 3.05) is 0 Å². The lowest BCUT2D eigenvalue weighted by molar-refractivity contribution is 0.101. The molecule has 2 aromatic rings. The van der Waals surface area contributed by atoms with E-state index in [4.69, 9.17) is 11.6 Å². The summed E-state index contributed by atoms with van der Waals surface area (Å²) in [5, 5.41) is 0. The average molecular weight is 299 g/mol. The Morgan fingerprint density at radius 3 is 2.58 bits per heavy atom. The van der Waals surface area contributed by atoms with Crippen LogP contribution in [0.15, 0.2) is 27.9 Å². The lowest BCUT2D eigenvalue weighted by Crippen LogP contribution is -2.40. The highest BCUT2D eigenvalue weighted by molar-refractivity contribution is 7.16. The van der Waals surface area contributed by atoms with E-state index in [-0.39, 0.29) is 17.9 Å². The molecule has 0 aromatic carbocycles. The zero-order chi connectivity index (χ0) is 14.2. The Bertz CT molecular complexity index is 757. The van der Waals surface area contributed by atoms with Gasteiger partial charge in [0.1, 0.15) is 0 Å². The Hall–Kier alpha value is -1.66. The highest BCUT2D eigenvalue weighted by Gasteiger charge is 2.12. The van der Waals surface area contributed by atoms with Gasteiger partial charge in [-0.25, -0.2) is 4.79 Å². The van der Waals surface area contributed by atoms with Gasteiger partial charge in [-0.2, -0.15) is 0 Å². The van der Waals surface area contributed by atoms with Crippen LogP contribution in [0, 0.1) is 0 Å². The Kier molecular flexibility index (Phi) is 3.73. The number of hydrogen-bond acceptors (Lipinski definition) is 4. The van der Waals surface area contributed by atoms with Gasteiger partial charge in [0.05, 0.1) is 16.4 Å². The third-order valence-electron chi connectivity index (χ3n) is 2.69. The molecule has 0 unspecified atom stereocenters. The van der Waals surface area contributed by atoms with Gasteiger partial charge in [0.2, 0.25) is 0 Å². The lowest BCUT2D eigenvalue weighted by atomic mass is 10.2. The second kappa shape index (κ2) is 5.14. The van der Waals surface area contributed by atoms with Gasteiger partial charge in [-0.3, -0.25) is 18.7 Å². The molecule has 0 saturated heterocycles. The number of nitrogens with zero attached hydrogens (tertiary/aromatic N) is 2. The SMILES string of the molecule is CC(=O)c1cn(Cc2ccc(Cl)s2)c(=O)n(C)c1=O. The van der Waals surface area contributed by atoms with E-state index in [1.807, 2.05) is 0 Å². The summed E-state index contributed by atoms with van der Waals surface area (Å²) in [6.07, 6.45) is 1.31. The number of ketones is 1. The summed E-state index contributed by atoms with van der Waals surface area (Å²) in [6.45, 7) is 1.58. The van der Waals surface area contributed by atoms with Gasteiger partial charge in [0, 0.05) is 18.1 Å². The molecule has 0 spiro atoms. The first-order chi connectivity index (χ1) is 8.90. The van der Waals surface area contributed by atoms with Crippen LogP contribution >= 0.6 is 22.9 Å². The van der Waals surface area contributed by atoms with E-state index < -0.39 is 11.2 Å². The van der Waals surface area contributed by atoms with Crippen LogP contribution in [-0.2, 0) is 13.6 Å². The third-order valence-corrected chi connectivity index (χ3v) is 3.90. The molecule has 5 nitrogen and oxygen atoms in total. The first-order valence-corrected chi connectivity index (χ1v) is 6.65. The topological polar surface area (TPSA) is 61.1 Å². The number of hydrogen-bond donors (Lipinski definition) is 0. The number of rotatable bonds is 3. The quantitative estimate of drug-likeness (QED) is 0.807. The summed E-state index contributed by atoms with van der Waals surface area (Å²) in [5.74, 6) is -0.362. The standard InChI is InChI=1S/C12H11ClN2O3S/c1-7(16)9-6-15(12(18)14(2)11(9)17)5-8-3-4-10(13)19-8/h3-4,6H,5H2,1-2H3. The predicted molar refractivity (Wildman–Crippen MR) is 74.4 cm³/mol. The van der Waals surface area contributed by atoms with E-state index in [1.54, 1.807) is 12.1 Å². The molecular weight excluding hydrogens is 288 g/mol. The summed E-state index contributed by atoms with van der Waals surface area (Å²) >= 11 is 7.18. The molecule has 0 saturated carbocycles. The molecule has 0 atom stereocenters. The Labute approximate surface area is 117 Å². The number of carbonyl (C=O) groups is 1. The molecule has 100 valence electrons. The van der Waals surface area contributed by atoms with Crippen LogP contribution in [0.3, 0.4) is 0 Å². The van der Waals surface area contributed by atoms with Crippen LogP contribution in [-0.4, -0.2) is 14.9 Å². The first-order valence-electron chi connectivity index (χ1n) is 5.45. The summed E-state index contributed by atoms with van der Waals surface area (Å²) < 4.78 is 2.89. The highest BCUT2D eigenvalue weighted by atomic mass is 35.5. The maximum atomic E-state index is 12.0. The van der Waals surface area contributed by atoms with Crippen molar-refractivity contribution in [1.82, 2.24) is 9.13 Å². The molecule has 2 heterocycles. The molecule has 0 aliphatic carbocycles. The number of Topliss-reactive ketones (excluding diaryl/α,β-unsaturated/α-hetero) is 1. The van der Waals surface area contributed by atoms with Gasteiger partial charge in [0.15, 0.2) is 5.78 Å². The van der Waals surface area contributed by atoms with Crippen molar-refractivity contribution in [3.8, 4) is 0 Å². The molecule has 0 N–H and O–H groups in total. The lowest BCUT2D eigenvalue weighted by Gasteiger charge is -2.08. The van der Waals surface area contributed by atoms with Gasteiger partial charge >= 0.3 is 5.69 Å². The van der Waals surface area contributed by atoms with E-state index in [2.05, 4.69) is 0 Å². The number of halogens is 1. The fourth-order valence-electron chi connectivity index (χ4n) is 1.69. The molecule has 0 amide bonds. The van der Waals surface area contributed by atoms with E-state index in [9.17, 15) is 14.4 Å². The zero-order valence-corrected chi connectivity index (χ0v) is 11.9. The maximum Gasteiger partial charge on any atom is 0.331 e. The minimum Gasteiger partial charge on any atom is -0.294 e. The zero-order valence-electron chi connectivity index (χ0n) is 10.3. The van der Waals surface area contributed by atoms with Crippen molar-refractivity contribution in [1.29, 1.82) is 0 Å². The maximum absolute atomic E-state index is 12.0. The van der Waals surface area contributed by atoms with Crippen molar-refractivity contribution in [2.45, 2.75) is 13.5 Å².